The maximum Gasteiger partial charge on any atom is 0.179 e. The zero-order chi connectivity index (χ0) is 18.9. The molecule has 1 fully saturated rings. The van der Waals surface area contributed by atoms with Crippen LogP contribution in [0.4, 0.5) is 0 Å². The molecule has 7 nitrogen and oxygen atoms in total. The Balaban J connectivity index is 1.54. The van der Waals surface area contributed by atoms with E-state index in [1.807, 2.05) is 12.1 Å². The highest BCUT2D eigenvalue weighted by molar-refractivity contribution is 7.95. The van der Waals surface area contributed by atoms with Crippen LogP contribution in [-0.2, 0) is 19.4 Å². The van der Waals surface area contributed by atoms with Gasteiger partial charge in [0, 0.05) is 37.0 Å². The van der Waals surface area contributed by atoms with Gasteiger partial charge in [0.1, 0.15) is 5.75 Å². The van der Waals surface area contributed by atoms with Crippen LogP contribution in [0.15, 0.2) is 58.8 Å². The summed E-state index contributed by atoms with van der Waals surface area (Å²) in [5.41, 5.74) is 1.10. The highest BCUT2D eigenvalue weighted by Crippen LogP contribution is 2.38. The summed E-state index contributed by atoms with van der Waals surface area (Å²) in [7, 11) is -2.11. The van der Waals surface area contributed by atoms with E-state index in [1.54, 1.807) is 36.7 Å². The molecule has 1 spiro atoms. The second-order valence-electron chi connectivity index (χ2n) is 6.85. The average Bonchev–Trinajstić information content (AvgIpc) is 3.12. The highest BCUT2D eigenvalue weighted by atomic mass is 32.3. The van der Waals surface area contributed by atoms with E-state index in [-0.39, 0.29) is 11.4 Å². The fourth-order valence-electron chi connectivity index (χ4n) is 3.60. The summed E-state index contributed by atoms with van der Waals surface area (Å²) in [6.07, 6.45) is 5.51. The van der Waals surface area contributed by atoms with Crippen molar-refractivity contribution in [2.24, 2.45) is 5.16 Å². The lowest BCUT2D eigenvalue weighted by Crippen LogP contribution is -2.52. The number of hydrogen-bond donors (Lipinski definition) is 0. The summed E-state index contributed by atoms with van der Waals surface area (Å²) in [5.74, 6) is 0.516. The Bertz CT molecular complexity index is 905. The third-order valence-electron chi connectivity index (χ3n) is 5.02. The maximum absolute atomic E-state index is 13.1. The molecule has 0 aliphatic carbocycles. The van der Waals surface area contributed by atoms with Crippen LogP contribution in [0.3, 0.4) is 0 Å². The Labute approximate surface area is 159 Å². The first kappa shape index (κ1) is 18.1. The van der Waals surface area contributed by atoms with Gasteiger partial charge in [-0.1, -0.05) is 15.4 Å². The SMILES string of the molecule is COc1cccc([S+](=O)([O-])N2CCCC3(CC(c4cccnc4)=NO3)C2)c1. The highest BCUT2D eigenvalue weighted by Gasteiger charge is 2.48. The number of methoxy groups -OCH3 is 1. The Morgan fingerprint density at radius 1 is 1.33 bits per heavy atom. The Morgan fingerprint density at radius 3 is 3.00 bits per heavy atom. The number of ether oxygens (including phenoxy) is 1. The summed E-state index contributed by atoms with van der Waals surface area (Å²) in [6, 6.07) is 10.3. The van der Waals surface area contributed by atoms with Crippen molar-refractivity contribution in [1.29, 1.82) is 0 Å². The molecule has 0 N–H and O–H groups in total. The number of nitrogens with zero attached hydrogens (tertiary/aromatic N) is 3. The largest absolute Gasteiger partial charge is 0.593 e. The van der Waals surface area contributed by atoms with Crippen LogP contribution < -0.4 is 4.74 Å². The number of piperidine rings is 1. The van der Waals surface area contributed by atoms with Crippen molar-refractivity contribution in [3.05, 3.63) is 54.4 Å². The van der Waals surface area contributed by atoms with E-state index >= 15 is 0 Å². The molecule has 4 rings (SSSR count). The Kier molecular flexibility index (Phi) is 4.71. The molecule has 2 unspecified atom stereocenters. The minimum absolute atomic E-state index is 0.227. The standard InChI is InChI=1S/C19H21N3O4S/c1-25-16-6-2-7-17(11-16)27(23,24)22-10-4-8-19(14-22)12-18(21-26-19)15-5-3-9-20-13-15/h2-3,5-7,9,11,13H,4,8,10,12,14H2,1H3. The van der Waals surface area contributed by atoms with Gasteiger partial charge in [0.05, 0.1) is 19.4 Å². The summed E-state index contributed by atoms with van der Waals surface area (Å²) < 4.78 is 32.9. The van der Waals surface area contributed by atoms with E-state index in [2.05, 4.69) is 10.1 Å². The predicted octanol–water partition coefficient (Wildman–Crippen LogP) is 2.65. The molecule has 0 radical (unpaired) electrons. The quantitative estimate of drug-likeness (QED) is 0.753. The summed E-state index contributed by atoms with van der Waals surface area (Å²) in [4.78, 5) is 10.1. The van der Waals surface area contributed by atoms with Crippen LogP contribution in [0.25, 0.3) is 0 Å². The van der Waals surface area contributed by atoms with Gasteiger partial charge in [-0.05, 0) is 37.1 Å². The van der Waals surface area contributed by atoms with Crippen LogP contribution in [-0.4, -0.2) is 45.4 Å². The molecule has 2 aliphatic rings. The first-order chi connectivity index (χ1) is 13.0. The van der Waals surface area contributed by atoms with Crippen molar-refractivity contribution in [2.45, 2.75) is 29.8 Å². The molecule has 1 saturated heterocycles. The number of rotatable bonds is 4. The predicted molar refractivity (Wildman–Crippen MR) is 100 cm³/mol. The van der Waals surface area contributed by atoms with Gasteiger partial charge >= 0.3 is 0 Å². The molecule has 0 bridgehead atoms. The molecule has 142 valence electrons. The van der Waals surface area contributed by atoms with Crippen LogP contribution in [0.5, 0.6) is 5.75 Å². The number of hydrogen-bond acceptors (Lipinski definition) is 6. The van der Waals surface area contributed by atoms with E-state index in [0.29, 0.717) is 18.7 Å². The van der Waals surface area contributed by atoms with Crippen molar-refractivity contribution in [1.82, 2.24) is 9.29 Å². The van der Waals surface area contributed by atoms with Crippen LogP contribution in [0.1, 0.15) is 24.8 Å². The Morgan fingerprint density at radius 2 is 2.22 bits per heavy atom. The zero-order valence-corrected chi connectivity index (χ0v) is 15.9. The van der Waals surface area contributed by atoms with E-state index in [1.165, 1.54) is 11.4 Å². The van der Waals surface area contributed by atoms with Crippen molar-refractivity contribution in [3.8, 4) is 5.75 Å². The number of pyridine rings is 1. The van der Waals surface area contributed by atoms with Gasteiger partial charge < -0.3 is 14.1 Å². The molecule has 27 heavy (non-hydrogen) atoms. The molecule has 1 aromatic heterocycles. The third-order valence-corrected chi connectivity index (χ3v) is 6.86. The van der Waals surface area contributed by atoms with Crippen LogP contribution in [0.2, 0.25) is 0 Å². The minimum atomic E-state index is -3.63. The number of sulfonamides is 1. The first-order valence-electron chi connectivity index (χ1n) is 8.82. The van der Waals surface area contributed by atoms with Crippen LogP contribution >= 0.6 is 0 Å². The number of oxime groups is 1. The van der Waals surface area contributed by atoms with E-state index in [4.69, 9.17) is 9.57 Å². The van der Waals surface area contributed by atoms with Crippen molar-refractivity contribution in [3.63, 3.8) is 0 Å². The summed E-state index contributed by atoms with van der Waals surface area (Å²) in [6.45, 7) is 0.743. The van der Waals surface area contributed by atoms with Gasteiger partial charge in [-0.2, -0.15) is 0 Å². The maximum atomic E-state index is 13.1. The molecule has 1 aromatic carbocycles. The number of aromatic nitrogens is 1. The van der Waals surface area contributed by atoms with E-state index in [0.717, 1.165) is 24.1 Å². The van der Waals surface area contributed by atoms with Crippen LogP contribution in [0, 0.1) is 0 Å². The first-order valence-corrected chi connectivity index (χ1v) is 10.3. The fraction of sp³-hybridized carbons (Fsp3) is 0.368. The van der Waals surface area contributed by atoms with Gasteiger partial charge in [-0.3, -0.25) is 4.98 Å². The molecule has 0 amide bonds. The zero-order valence-electron chi connectivity index (χ0n) is 15.0. The van der Waals surface area contributed by atoms with Crippen molar-refractivity contribution < 1.29 is 18.3 Å². The summed E-state index contributed by atoms with van der Waals surface area (Å²) in [5, 5.41) is 4.23. The second-order valence-corrected chi connectivity index (χ2v) is 8.79. The smallest absolute Gasteiger partial charge is 0.179 e. The third kappa shape index (κ3) is 3.47. The second kappa shape index (κ2) is 7.03. The van der Waals surface area contributed by atoms with Gasteiger partial charge in [0.2, 0.25) is 0 Å². The minimum Gasteiger partial charge on any atom is -0.593 e. The van der Waals surface area contributed by atoms with Crippen molar-refractivity contribution in [2.75, 3.05) is 20.2 Å². The molecule has 2 aromatic rings. The lowest BCUT2D eigenvalue weighted by molar-refractivity contribution is -0.0533. The lowest BCUT2D eigenvalue weighted by Gasteiger charge is -2.38. The Hall–Kier alpha value is -2.29. The average molecular weight is 387 g/mol. The normalized spacial score (nSPS) is 24.9. The molecule has 2 aliphatic heterocycles. The van der Waals surface area contributed by atoms with Gasteiger partial charge in [0.25, 0.3) is 0 Å². The molecule has 3 heterocycles. The summed E-state index contributed by atoms with van der Waals surface area (Å²) >= 11 is 0. The van der Waals surface area contributed by atoms with E-state index in [9.17, 15) is 8.76 Å². The lowest BCUT2D eigenvalue weighted by atomic mass is 9.88. The number of benzene rings is 1. The topological polar surface area (TPSA) is 87.1 Å². The monoisotopic (exact) mass is 387 g/mol. The fourth-order valence-corrected chi connectivity index (χ4v) is 5.19. The molecular formula is C19H21N3O4S. The van der Waals surface area contributed by atoms with E-state index < -0.39 is 16.0 Å². The molecule has 2 atom stereocenters. The van der Waals surface area contributed by atoms with Crippen molar-refractivity contribution >= 4 is 16.1 Å². The molecular weight excluding hydrogens is 366 g/mol. The van der Waals surface area contributed by atoms with Gasteiger partial charge in [0.15, 0.2) is 20.9 Å². The van der Waals surface area contributed by atoms with Gasteiger partial charge in [-0.25, -0.2) is 0 Å². The van der Waals surface area contributed by atoms with Gasteiger partial charge in [-0.15, -0.1) is 4.31 Å². The molecule has 8 heteroatoms. The molecule has 0 saturated carbocycles.